The quantitative estimate of drug-likeness (QED) is 0.728. The summed E-state index contributed by atoms with van der Waals surface area (Å²) < 4.78 is 0. The first-order valence-corrected chi connectivity index (χ1v) is 5.63. The number of ketones is 1. The zero-order valence-electron chi connectivity index (χ0n) is 11.0. The number of aromatic nitrogens is 4. The van der Waals surface area contributed by atoms with Crippen molar-refractivity contribution in [2.75, 3.05) is 4.90 Å². The van der Waals surface area contributed by atoms with Crippen molar-refractivity contribution in [3.8, 4) is 0 Å². The molecule has 2 N–H and O–H groups in total. The van der Waals surface area contributed by atoms with E-state index in [4.69, 9.17) is 0 Å². The Labute approximate surface area is 112 Å². The van der Waals surface area contributed by atoms with Crippen LogP contribution in [0.4, 0.5) is 5.95 Å². The van der Waals surface area contributed by atoms with Crippen molar-refractivity contribution in [3.63, 3.8) is 0 Å². The van der Waals surface area contributed by atoms with Crippen molar-refractivity contribution >= 4 is 34.7 Å². The average Bonchev–Trinajstić information content (AvgIpc) is 2.72. The van der Waals surface area contributed by atoms with E-state index in [-0.39, 0.29) is 28.7 Å². The Morgan fingerprint density at radius 2 is 1.60 bits per heavy atom. The number of carbonyl (C=O) groups is 3. The summed E-state index contributed by atoms with van der Waals surface area (Å²) in [6.45, 7) is 3.61. The maximum Gasteiger partial charge on any atom is 0.278 e. The van der Waals surface area contributed by atoms with Crippen LogP contribution in [0.2, 0.25) is 0 Å². The van der Waals surface area contributed by atoms with E-state index in [9.17, 15) is 19.2 Å². The minimum Gasteiger partial charge on any atom is -0.330 e. The molecule has 0 aromatic carbocycles. The average molecular weight is 277 g/mol. The summed E-state index contributed by atoms with van der Waals surface area (Å²) in [5.74, 6) is -1.81. The summed E-state index contributed by atoms with van der Waals surface area (Å²) >= 11 is 0. The number of hydrogen-bond acceptors (Lipinski definition) is 6. The second-order valence-electron chi connectivity index (χ2n) is 4.10. The third kappa shape index (κ3) is 2.20. The molecular formula is C11H11N5O4. The molecule has 2 aromatic rings. The molecule has 2 rings (SSSR count). The van der Waals surface area contributed by atoms with Gasteiger partial charge in [0.25, 0.3) is 5.56 Å². The van der Waals surface area contributed by atoms with Crippen LogP contribution in [0.3, 0.4) is 0 Å². The molecule has 0 unspecified atom stereocenters. The Bertz CT molecular complexity index is 774. The highest BCUT2D eigenvalue weighted by Gasteiger charge is 2.21. The molecule has 2 amide bonds. The van der Waals surface area contributed by atoms with Crippen molar-refractivity contribution in [2.24, 2.45) is 0 Å². The fourth-order valence-corrected chi connectivity index (χ4v) is 1.69. The number of hydrogen-bond donors (Lipinski definition) is 2. The van der Waals surface area contributed by atoms with Crippen LogP contribution in [0.5, 0.6) is 0 Å². The maximum absolute atomic E-state index is 11.9. The number of Topliss-reactive ketones (excluding diaryl/α,β-unsaturated/α-hetero) is 1. The van der Waals surface area contributed by atoms with Gasteiger partial charge in [0.1, 0.15) is 0 Å². The lowest BCUT2D eigenvalue weighted by atomic mass is 10.4. The Hall–Kier alpha value is -2.84. The van der Waals surface area contributed by atoms with Gasteiger partial charge >= 0.3 is 0 Å². The van der Waals surface area contributed by atoms with Crippen LogP contribution in [0.1, 0.15) is 31.4 Å². The monoisotopic (exact) mass is 277 g/mol. The van der Waals surface area contributed by atoms with Gasteiger partial charge in [0.05, 0.1) is 0 Å². The SMILES string of the molecule is CC(=O)c1nc2nc(N(C(C)=O)C(C)=O)[nH]c(=O)c2[nH]1. The number of anilines is 1. The summed E-state index contributed by atoms with van der Waals surface area (Å²) in [4.78, 5) is 59.2. The van der Waals surface area contributed by atoms with Gasteiger partial charge in [0, 0.05) is 20.8 Å². The highest BCUT2D eigenvalue weighted by atomic mass is 16.2. The second-order valence-corrected chi connectivity index (χ2v) is 4.10. The minimum absolute atomic E-state index is 0.00556. The largest absolute Gasteiger partial charge is 0.330 e. The van der Waals surface area contributed by atoms with Gasteiger partial charge in [-0.05, 0) is 0 Å². The first-order valence-electron chi connectivity index (χ1n) is 5.63. The van der Waals surface area contributed by atoms with Crippen LogP contribution in [-0.2, 0) is 9.59 Å². The van der Waals surface area contributed by atoms with Gasteiger partial charge in [-0.2, -0.15) is 4.98 Å². The van der Waals surface area contributed by atoms with E-state index in [0.717, 1.165) is 13.8 Å². The van der Waals surface area contributed by atoms with Crippen molar-refractivity contribution in [2.45, 2.75) is 20.8 Å². The molecule has 9 nitrogen and oxygen atoms in total. The molecule has 0 radical (unpaired) electrons. The number of rotatable bonds is 2. The van der Waals surface area contributed by atoms with Crippen molar-refractivity contribution in [1.29, 1.82) is 0 Å². The van der Waals surface area contributed by atoms with Crippen LogP contribution in [0.25, 0.3) is 11.2 Å². The third-order valence-electron chi connectivity index (χ3n) is 2.52. The molecule has 0 aliphatic rings. The van der Waals surface area contributed by atoms with E-state index in [1.165, 1.54) is 6.92 Å². The lowest BCUT2D eigenvalue weighted by Gasteiger charge is -2.14. The number of H-pyrrole nitrogens is 2. The Morgan fingerprint density at radius 3 is 2.10 bits per heavy atom. The maximum atomic E-state index is 11.9. The predicted octanol–water partition coefficient (Wildman–Crippen LogP) is -0.252. The first-order chi connectivity index (χ1) is 9.31. The van der Waals surface area contributed by atoms with Crippen LogP contribution in [0, 0.1) is 0 Å². The topological polar surface area (TPSA) is 129 Å². The molecular weight excluding hydrogens is 266 g/mol. The number of amides is 2. The molecule has 9 heteroatoms. The zero-order valence-corrected chi connectivity index (χ0v) is 11.0. The molecule has 0 aliphatic carbocycles. The Morgan fingerprint density at radius 1 is 1.00 bits per heavy atom. The van der Waals surface area contributed by atoms with Gasteiger partial charge in [-0.1, -0.05) is 0 Å². The van der Waals surface area contributed by atoms with Crippen molar-refractivity contribution in [3.05, 3.63) is 16.2 Å². The summed E-state index contributed by atoms with van der Waals surface area (Å²) in [7, 11) is 0. The van der Waals surface area contributed by atoms with Crippen LogP contribution in [0.15, 0.2) is 4.79 Å². The lowest BCUT2D eigenvalue weighted by molar-refractivity contribution is -0.124. The molecule has 0 saturated heterocycles. The normalized spacial score (nSPS) is 10.6. The van der Waals surface area contributed by atoms with Crippen molar-refractivity contribution < 1.29 is 14.4 Å². The summed E-state index contributed by atoms with van der Waals surface area (Å²) in [5.41, 5.74) is -0.662. The molecule has 0 aliphatic heterocycles. The van der Waals surface area contributed by atoms with E-state index in [0.29, 0.717) is 4.90 Å². The van der Waals surface area contributed by atoms with Gasteiger partial charge in [-0.25, -0.2) is 9.88 Å². The smallest absolute Gasteiger partial charge is 0.278 e. The summed E-state index contributed by atoms with van der Waals surface area (Å²) in [6, 6.07) is 0. The van der Waals surface area contributed by atoms with E-state index >= 15 is 0 Å². The first kappa shape index (κ1) is 13.6. The highest BCUT2D eigenvalue weighted by Crippen LogP contribution is 2.11. The number of nitrogens with zero attached hydrogens (tertiary/aromatic N) is 3. The molecule has 2 aromatic heterocycles. The van der Waals surface area contributed by atoms with Gasteiger partial charge in [-0.3, -0.25) is 24.2 Å². The number of nitrogens with one attached hydrogen (secondary N) is 2. The summed E-state index contributed by atoms with van der Waals surface area (Å²) in [6.07, 6.45) is 0. The minimum atomic E-state index is -0.627. The Kier molecular flexibility index (Phi) is 3.18. The van der Waals surface area contributed by atoms with E-state index < -0.39 is 17.4 Å². The second kappa shape index (κ2) is 4.68. The fraction of sp³-hybridized carbons (Fsp3) is 0.273. The molecule has 0 spiro atoms. The number of imide groups is 1. The number of imidazole rings is 1. The van der Waals surface area contributed by atoms with E-state index in [2.05, 4.69) is 19.9 Å². The number of fused-ring (bicyclic) bond motifs is 1. The molecule has 104 valence electrons. The van der Waals surface area contributed by atoms with Crippen LogP contribution in [-0.4, -0.2) is 37.5 Å². The van der Waals surface area contributed by atoms with Crippen molar-refractivity contribution in [1.82, 2.24) is 19.9 Å². The van der Waals surface area contributed by atoms with Gasteiger partial charge in [0.2, 0.25) is 17.8 Å². The molecule has 0 saturated carbocycles. The van der Waals surface area contributed by atoms with Crippen LogP contribution >= 0.6 is 0 Å². The zero-order chi connectivity index (χ0) is 15.0. The van der Waals surface area contributed by atoms with E-state index in [1.54, 1.807) is 0 Å². The standard InChI is InChI=1S/C11H11N5O4/c1-4(17)8-12-7-9(13-8)14-11(15-10(7)20)16(5(2)18)6(3)19/h1-3H3,(H2,12,13,14,15,20). The van der Waals surface area contributed by atoms with Crippen LogP contribution < -0.4 is 10.5 Å². The third-order valence-corrected chi connectivity index (χ3v) is 2.52. The molecule has 2 heterocycles. The van der Waals surface area contributed by atoms with Gasteiger partial charge in [-0.15, -0.1) is 0 Å². The van der Waals surface area contributed by atoms with Gasteiger partial charge in [0.15, 0.2) is 22.8 Å². The molecule has 20 heavy (non-hydrogen) atoms. The lowest BCUT2D eigenvalue weighted by Crippen LogP contribution is -2.35. The molecule has 0 fully saturated rings. The van der Waals surface area contributed by atoms with Gasteiger partial charge < -0.3 is 4.98 Å². The predicted molar refractivity (Wildman–Crippen MR) is 68.4 cm³/mol. The molecule has 0 atom stereocenters. The highest BCUT2D eigenvalue weighted by molar-refractivity contribution is 6.12. The molecule has 0 bridgehead atoms. The number of carbonyl (C=O) groups excluding carboxylic acids is 3. The van der Waals surface area contributed by atoms with E-state index in [1.807, 2.05) is 0 Å². The Balaban J connectivity index is 2.68. The fourth-order valence-electron chi connectivity index (χ4n) is 1.69. The summed E-state index contributed by atoms with van der Waals surface area (Å²) in [5, 5.41) is 0. The number of aromatic amines is 2.